The Labute approximate surface area is 136 Å². The summed E-state index contributed by atoms with van der Waals surface area (Å²) >= 11 is 21.5. The van der Waals surface area contributed by atoms with E-state index in [1.54, 1.807) is 42.5 Å². The fourth-order valence-corrected chi connectivity index (χ4v) is 1.75. The third-order valence-electron chi connectivity index (χ3n) is 2.12. The molecule has 0 unspecified atom stereocenters. The van der Waals surface area contributed by atoms with Gasteiger partial charge < -0.3 is 0 Å². The topological polar surface area (TPSA) is 34.1 Å². The van der Waals surface area contributed by atoms with Crippen molar-refractivity contribution in [2.24, 2.45) is 0 Å². The van der Waals surface area contributed by atoms with Gasteiger partial charge in [-0.3, -0.25) is 9.59 Å². The summed E-state index contributed by atoms with van der Waals surface area (Å²) in [6.07, 6.45) is 0. The van der Waals surface area contributed by atoms with Crippen molar-refractivity contribution in [3.05, 3.63) is 69.7 Å². The Bertz CT molecular complexity index is 609. The SMILES string of the molecule is O=C(Cl)c1ccc(Cl)cc1.O=C(Cl)c1cccc(Cl)c1. The van der Waals surface area contributed by atoms with E-state index in [2.05, 4.69) is 0 Å². The highest BCUT2D eigenvalue weighted by Gasteiger charge is 1.99. The average Bonchev–Trinajstić information content (AvgIpc) is 2.40. The number of hydrogen-bond acceptors (Lipinski definition) is 2. The predicted octanol–water partition coefficient (Wildman–Crippen LogP) is 5.44. The Kier molecular flexibility index (Phi) is 7.03. The van der Waals surface area contributed by atoms with Crippen LogP contribution in [0.2, 0.25) is 10.0 Å². The van der Waals surface area contributed by atoms with E-state index >= 15 is 0 Å². The van der Waals surface area contributed by atoms with Crippen molar-refractivity contribution in [1.29, 1.82) is 0 Å². The highest BCUT2D eigenvalue weighted by Crippen LogP contribution is 2.12. The largest absolute Gasteiger partial charge is 0.276 e. The van der Waals surface area contributed by atoms with E-state index in [0.29, 0.717) is 21.2 Å². The maximum atomic E-state index is 10.5. The molecule has 2 nitrogen and oxygen atoms in total. The van der Waals surface area contributed by atoms with Crippen LogP contribution >= 0.6 is 46.4 Å². The van der Waals surface area contributed by atoms with E-state index in [-0.39, 0.29) is 0 Å². The van der Waals surface area contributed by atoms with Gasteiger partial charge in [0.05, 0.1) is 0 Å². The summed E-state index contributed by atoms with van der Waals surface area (Å²) in [4.78, 5) is 21.0. The summed E-state index contributed by atoms with van der Waals surface area (Å²) in [6, 6.07) is 12.9. The van der Waals surface area contributed by atoms with E-state index in [1.165, 1.54) is 6.07 Å². The first kappa shape index (κ1) is 17.0. The van der Waals surface area contributed by atoms with Gasteiger partial charge in [0.25, 0.3) is 10.5 Å². The van der Waals surface area contributed by atoms with Gasteiger partial charge in [-0.2, -0.15) is 0 Å². The molecule has 6 heteroatoms. The fourth-order valence-electron chi connectivity index (χ4n) is 1.19. The molecule has 20 heavy (non-hydrogen) atoms. The zero-order valence-corrected chi connectivity index (χ0v) is 13.0. The van der Waals surface area contributed by atoms with Crippen molar-refractivity contribution < 1.29 is 9.59 Å². The third-order valence-corrected chi connectivity index (χ3v) is 3.05. The molecule has 0 atom stereocenters. The van der Waals surface area contributed by atoms with Crippen LogP contribution in [0.3, 0.4) is 0 Å². The van der Waals surface area contributed by atoms with Gasteiger partial charge >= 0.3 is 0 Å². The molecule has 2 aromatic rings. The molecule has 0 bridgehead atoms. The van der Waals surface area contributed by atoms with Crippen LogP contribution in [0, 0.1) is 0 Å². The standard InChI is InChI=1S/2C7H4Cl2O/c8-6-3-1-5(2-4-6)7(9)10;8-6-3-1-2-5(4-6)7(9)10/h2*1-4H. The summed E-state index contributed by atoms with van der Waals surface area (Å²) in [5.74, 6) is 0. The molecular weight excluding hydrogens is 342 g/mol. The number of benzene rings is 2. The average molecular weight is 350 g/mol. The van der Waals surface area contributed by atoms with Crippen molar-refractivity contribution in [2.75, 3.05) is 0 Å². The van der Waals surface area contributed by atoms with Gasteiger partial charge in [-0.15, -0.1) is 0 Å². The number of hydrogen-bond donors (Lipinski definition) is 0. The Hall–Kier alpha value is -1.06. The van der Waals surface area contributed by atoms with Crippen molar-refractivity contribution in [3.8, 4) is 0 Å². The van der Waals surface area contributed by atoms with E-state index in [0.717, 1.165) is 0 Å². The highest BCUT2D eigenvalue weighted by atomic mass is 35.5. The first-order valence-corrected chi connectivity index (χ1v) is 6.82. The minimum absolute atomic E-state index is 0.425. The first-order chi connectivity index (χ1) is 9.40. The monoisotopic (exact) mass is 348 g/mol. The van der Waals surface area contributed by atoms with Crippen molar-refractivity contribution in [2.45, 2.75) is 0 Å². The lowest BCUT2D eigenvalue weighted by molar-refractivity contribution is 0.107. The van der Waals surface area contributed by atoms with Crippen molar-refractivity contribution >= 4 is 56.9 Å². The molecule has 2 aromatic carbocycles. The molecule has 0 aliphatic carbocycles. The lowest BCUT2D eigenvalue weighted by atomic mass is 10.2. The lowest BCUT2D eigenvalue weighted by Gasteiger charge is -1.91. The van der Waals surface area contributed by atoms with Gasteiger partial charge in [-0.1, -0.05) is 29.3 Å². The normalized spacial score (nSPS) is 9.40. The second kappa shape index (κ2) is 8.28. The van der Waals surface area contributed by atoms with E-state index in [1.807, 2.05) is 0 Å². The van der Waals surface area contributed by atoms with E-state index in [9.17, 15) is 9.59 Å². The maximum absolute atomic E-state index is 10.5. The number of carbonyl (C=O) groups excluding carboxylic acids is 2. The van der Waals surface area contributed by atoms with Crippen LogP contribution < -0.4 is 0 Å². The summed E-state index contributed by atoms with van der Waals surface area (Å²) in [5, 5.41) is 0.173. The van der Waals surface area contributed by atoms with Crippen LogP contribution in [0.5, 0.6) is 0 Å². The number of carbonyl (C=O) groups is 2. The summed E-state index contributed by atoms with van der Waals surface area (Å²) in [5.41, 5.74) is 0.889. The second-order valence-electron chi connectivity index (χ2n) is 3.56. The van der Waals surface area contributed by atoms with Gasteiger partial charge in [-0.05, 0) is 65.7 Å². The quantitative estimate of drug-likeness (QED) is 0.676. The molecule has 0 aliphatic rings. The van der Waals surface area contributed by atoms with Crippen molar-refractivity contribution in [1.82, 2.24) is 0 Å². The molecule has 0 aliphatic heterocycles. The number of rotatable bonds is 2. The molecule has 0 fully saturated rings. The smallest absolute Gasteiger partial charge is 0.252 e. The minimum Gasteiger partial charge on any atom is -0.276 e. The molecule has 0 amide bonds. The molecule has 0 saturated carbocycles. The molecule has 0 radical (unpaired) electrons. The molecule has 2 rings (SSSR count). The van der Waals surface area contributed by atoms with Crippen LogP contribution in [-0.4, -0.2) is 10.5 Å². The van der Waals surface area contributed by atoms with Gasteiger partial charge in [-0.25, -0.2) is 0 Å². The Morgan fingerprint density at radius 1 is 0.700 bits per heavy atom. The van der Waals surface area contributed by atoms with Gasteiger partial charge in [0.1, 0.15) is 0 Å². The van der Waals surface area contributed by atoms with E-state index in [4.69, 9.17) is 46.4 Å². The molecule has 0 spiro atoms. The van der Waals surface area contributed by atoms with Gasteiger partial charge in [0.15, 0.2) is 0 Å². The fraction of sp³-hybridized carbons (Fsp3) is 0. The van der Waals surface area contributed by atoms with Gasteiger partial charge in [0.2, 0.25) is 0 Å². The maximum Gasteiger partial charge on any atom is 0.252 e. The second-order valence-corrected chi connectivity index (χ2v) is 5.12. The van der Waals surface area contributed by atoms with Crippen molar-refractivity contribution in [3.63, 3.8) is 0 Å². The Morgan fingerprint density at radius 2 is 1.25 bits per heavy atom. The summed E-state index contributed by atoms with van der Waals surface area (Å²) < 4.78 is 0. The Morgan fingerprint density at radius 3 is 1.65 bits per heavy atom. The lowest BCUT2D eigenvalue weighted by Crippen LogP contribution is -1.86. The molecule has 104 valence electrons. The van der Waals surface area contributed by atoms with Crippen LogP contribution in [-0.2, 0) is 0 Å². The third kappa shape index (κ3) is 5.93. The zero-order valence-electron chi connectivity index (χ0n) is 9.95. The minimum atomic E-state index is -0.484. The molecule has 0 aromatic heterocycles. The van der Waals surface area contributed by atoms with Crippen LogP contribution in [0.15, 0.2) is 48.5 Å². The van der Waals surface area contributed by atoms with Gasteiger partial charge in [0, 0.05) is 21.2 Å². The molecule has 0 N–H and O–H groups in total. The number of halogens is 4. The highest BCUT2D eigenvalue weighted by molar-refractivity contribution is 6.68. The van der Waals surface area contributed by atoms with Crippen LogP contribution in [0.4, 0.5) is 0 Å². The van der Waals surface area contributed by atoms with E-state index < -0.39 is 10.5 Å². The first-order valence-electron chi connectivity index (χ1n) is 5.31. The van der Waals surface area contributed by atoms with Crippen LogP contribution in [0.1, 0.15) is 20.7 Å². The summed E-state index contributed by atoms with van der Waals surface area (Å²) in [7, 11) is 0. The predicted molar refractivity (Wildman–Crippen MR) is 83.3 cm³/mol. The zero-order chi connectivity index (χ0) is 15.1. The summed E-state index contributed by atoms with van der Waals surface area (Å²) in [6.45, 7) is 0. The Balaban J connectivity index is 0.000000200. The van der Waals surface area contributed by atoms with Crippen LogP contribution in [0.25, 0.3) is 0 Å². The molecule has 0 heterocycles. The molecular formula is C14H8Cl4O2. The molecule has 0 saturated heterocycles.